The van der Waals surface area contributed by atoms with E-state index in [-0.39, 0.29) is 10.3 Å². The van der Waals surface area contributed by atoms with Crippen molar-refractivity contribution in [2.45, 2.75) is 51.0 Å². The number of benzene rings is 2. The van der Waals surface area contributed by atoms with Crippen molar-refractivity contribution in [3.63, 3.8) is 0 Å². The molecule has 0 unspecified atom stereocenters. The van der Waals surface area contributed by atoms with Crippen LogP contribution in [-0.2, 0) is 15.4 Å². The van der Waals surface area contributed by atoms with Crippen LogP contribution in [0.4, 0.5) is 11.4 Å². The van der Waals surface area contributed by atoms with Crippen molar-refractivity contribution in [1.29, 1.82) is 0 Å². The number of nitrogens with one attached hydrogen (secondary N) is 2. The number of hydrogen-bond acceptors (Lipinski definition) is 3. The topological polar surface area (TPSA) is 58.2 Å². The molecule has 0 radical (unpaired) electrons. The van der Waals surface area contributed by atoms with Crippen LogP contribution in [-0.4, -0.2) is 14.5 Å². The van der Waals surface area contributed by atoms with Gasteiger partial charge in [0, 0.05) is 17.4 Å². The fourth-order valence-corrected chi connectivity index (χ4v) is 3.37. The lowest BCUT2D eigenvalue weighted by molar-refractivity contribution is 0.587. The first-order chi connectivity index (χ1) is 11.1. The van der Waals surface area contributed by atoms with Gasteiger partial charge in [-0.3, -0.25) is 4.72 Å². The lowest BCUT2D eigenvalue weighted by Crippen LogP contribution is -2.15. The van der Waals surface area contributed by atoms with E-state index in [4.69, 9.17) is 0 Å². The van der Waals surface area contributed by atoms with Crippen molar-refractivity contribution in [1.82, 2.24) is 0 Å². The minimum atomic E-state index is -3.58. The summed E-state index contributed by atoms with van der Waals surface area (Å²) in [5.74, 6) is 0. The van der Waals surface area contributed by atoms with Gasteiger partial charge in [-0.25, -0.2) is 8.42 Å². The molecule has 0 spiro atoms. The van der Waals surface area contributed by atoms with Gasteiger partial charge in [0.2, 0.25) is 0 Å². The summed E-state index contributed by atoms with van der Waals surface area (Å²) >= 11 is 0. The zero-order chi connectivity index (χ0) is 18.0. The van der Waals surface area contributed by atoms with E-state index in [2.05, 4.69) is 44.7 Å². The maximum absolute atomic E-state index is 12.5. The van der Waals surface area contributed by atoms with E-state index in [0.717, 1.165) is 11.3 Å². The van der Waals surface area contributed by atoms with Crippen molar-refractivity contribution in [3.05, 3.63) is 54.1 Å². The molecule has 0 amide bonds. The summed E-state index contributed by atoms with van der Waals surface area (Å²) in [6.45, 7) is 10.4. The molecule has 2 rings (SSSR count). The molecule has 0 saturated heterocycles. The van der Waals surface area contributed by atoms with E-state index in [0.29, 0.717) is 11.7 Å². The standard InChI is InChI=1S/C19H26N2O2S/c1-14(2)20-16-8-10-17(11-9-16)21-24(22,23)18-12-6-15(7-13-18)19(3,4)5/h6-14,20-21H,1-5H3. The molecule has 0 saturated carbocycles. The third kappa shape index (κ3) is 4.74. The Morgan fingerprint density at radius 1 is 0.833 bits per heavy atom. The molecule has 0 aliphatic rings. The van der Waals surface area contributed by atoms with Gasteiger partial charge in [0.15, 0.2) is 0 Å². The largest absolute Gasteiger partial charge is 0.383 e. The monoisotopic (exact) mass is 346 g/mol. The molecule has 0 heterocycles. The van der Waals surface area contributed by atoms with Gasteiger partial charge < -0.3 is 5.32 Å². The average molecular weight is 346 g/mol. The van der Waals surface area contributed by atoms with E-state index in [9.17, 15) is 8.42 Å². The number of rotatable bonds is 5. The van der Waals surface area contributed by atoms with Crippen LogP contribution in [0.3, 0.4) is 0 Å². The van der Waals surface area contributed by atoms with E-state index in [1.54, 1.807) is 24.3 Å². The molecule has 0 fully saturated rings. The Labute approximate surface area is 145 Å². The fourth-order valence-electron chi connectivity index (χ4n) is 2.32. The van der Waals surface area contributed by atoms with Gasteiger partial charge in [-0.2, -0.15) is 0 Å². The maximum atomic E-state index is 12.5. The molecule has 0 atom stereocenters. The minimum absolute atomic E-state index is 0.00499. The van der Waals surface area contributed by atoms with Crippen LogP contribution in [0.25, 0.3) is 0 Å². The molecule has 0 aliphatic carbocycles. The molecule has 2 aromatic rings. The average Bonchev–Trinajstić information content (AvgIpc) is 2.48. The Bertz CT molecular complexity index is 772. The predicted molar refractivity (Wildman–Crippen MR) is 101 cm³/mol. The van der Waals surface area contributed by atoms with Crippen LogP contribution < -0.4 is 10.0 Å². The van der Waals surface area contributed by atoms with Gasteiger partial charge in [0.25, 0.3) is 10.0 Å². The van der Waals surface area contributed by atoms with Gasteiger partial charge >= 0.3 is 0 Å². The first-order valence-electron chi connectivity index (χ1n) is 8.08. The fraction of sp³-hybridized carbons (Fsp3) is 0.368. The highest BCUT2D eigenvalue weighted by Crippen LogP contribution is 2.24. The Balaban J connectivity index is 2.16. The minimum Gasteiger partial charge on any atom is -0.383 e. The molecule has 130 valence electrons. The highest BCUT2D eigenvalue weighted by molar-refractivity contribution is 7.92. The van der Waals surface area contributed by atoms with Crippen LogP contribution in [0.5, 0.6) is 0 Å². The van der Waals surface area contributed by atoms with Gasteiger partial charge in [0.1, 0.15) is 0 Å². The summed E-state index contributed by atoms with van der Waals surface area (Å²) in [6.07, 6.45) is 0. The molecule has 0 bridgehead atoms. The molecule has 5 heteroatoms. The second-order valence-corrected chi connectivity index (χ2v) is 8.94. The molecule has 2 N–H and O–H groups in total. The van der Waals surface area contributed by atoms with Crippen LogP contribution in [0.1, 0.15) is 40.2 Å². The SMILES string of the molecule is CC(C)Nc1ccc(NS(=O)(=O)c2ccc(C(C)(C)C)cc2)cc1. The zero-order valence-corrected chi connectivity index (χ0v) is 15.7. The maximum Gasteiger partial charge on any atom is 0.261 e. The Morgan fingerprint density at radius 3 is 1.79 bits per heavy atom. The molecule has 24 heavy (non-hydrogen) atoms. The molecule has 0 aliphatic heterocycles. The zero-order valence-electron chi connectivity index (χ0n) is 14.9. The van der Waals surface area contributed by atoms with Crippen LogP contribution in [0, 0.1) is 0 Å². The first-order valence-corrected chi connectivity index (χ1v) is 9.56. The van der Waals surface area contributed by atoms with E-state index in [1.165, 1.54) is 0 Å². The summed E-state index contributed by atoms with van der Waals surface area (Å²) < 4.78 is 27.6. The highest BCUT2D eigenvalue weighted by Gasteiger charge is 2.17. The Hall–Kier alpha value is -2.01. The lowest BCUT2D eigenvalue weighted by Gasteiger charge is -2.19. The second kappa shape index (κ2) is 6.85. The van der Waals surface area contributed by atoms with E-state index in [1.807, 2.05) is 24.3 Å². The van der Waals surface area contributed by atoms with Crippen molar-refractivity contribution in [2.75, 3.05) is 10.0 Å². The van der Waals surface area contributed by atoms with Crippen LogP contribution >= 0.6 is 0 Å². The Kier molecular flexibility index (Phi) is 5.23. The third-order valence-corrected chi connectivity index (χ3v) is 5.02. The smallest absolute Gasteiger partial charge is 0.261 e. The van der Waals surface area contributed by atoms with Crippen molar-refractivity contribution in [3.8, 4) is 0 Å². The quantitative estimate of drug-likeness (QED) is 0.831. The molecular formula is C19H26N2O2S. The molecule has 4 nitrogen and oxygen atoms in total. The second-order valence-electron chi connectivity index (χ2n) is 7.26. The van der Waals surface area contributed by atoms with E-state index >= 15 is 0 Å². The normalized spacial score (nSPS) is 12.2. The highest BCUT2D eigenvalue weighted by atomic mass is 32.2. The van der Waals surface area contributed by atoms with Crippen LogP contribution in [0.15, 0.2) is 53.4 Å². The van der Waals surface area contributed by atoms with Gasteiger partial charge in [0.05, 0.1) is 4.90 Å². The first kappa shape index (κ1) is 18.3. The summed E-state index contributed by atoms with van der Waals surface area (Å²) in [6, 6.07) is 14.6. The third-order valence-electron chi connectivity index (χ3n) is 3.62. The molecule has 2 aromatic carbocycles. The predicted octanol–water partition coefficient (Wildman–Crippen LogP) is 4.61. The van der Waals surface area contributed by atoms with Crippen molar-refractivity contribution >= 4 is 21.4 Å². The van der Waals surface area contributed by atoms with Crippen molar-refractivity contribution < 1.29 is 8.42 Å². The molecular weight excluding hydrogens is 320 g/mol. The molecule has 0 aromatic heterocycles. The van der Waals surface area contributed by atoms with Crippen molar-refractivity contribution in [2.24, 2.45) is 0 Å². The lowest BCUT2D eigenvalue weighted by atomic mass is 9.87. The summed E-state index contributed by atoms with van der Waals surface area (Å²) in [7, 11) is -3.58. The van der Waals surface area contributed by atoms with Gasteiger partial charge in [-0.1, -0.05) is 32.9 Å². The number of hydrogen-bond donors (Lipinski definition) is 2. The van der Waals surface area contributed by atoms with Crippen LogP contribution in [0.2, 0.25) is 0 Å². The number of anilines is 2. The van der Waals surface area contributed by atoms with Gasteiger partial charge in [-0.15, -0.1) is 0 Å². The van der Waals surface area contributed by atoms with E-state index < -0.39 is 10.0 Å². The summed E-state index contributed by atoms with van der Waals surface area (Å²) in [5, 5.41) is 3.27. The summed E-state index contributed by atoms with van der Waals surface area (Å²) in [5.41, 5.74) is 2.60. The summed E-state index contributed by atoms with van der Waals surface area (Å²) in [4.78, 5) is 0.264. The Morgan fingerprint density at radius 2 is 1.33 bits per heavy atom. The number of sulfonamides is 1. The van der Waals surface area contributed by atoms with Gasteiger partial charge in [-0.05, 0) is 61.2 Å².